The lowest BCUT2D eigenvalue weighted by Crippen LogP contribution is -2.26. The number of nitrogens with one attached hydrogen (secondary N) is 1. The molecule has 0 spiro atoms. The molecule has 5 aromatic rings. The molecule has 0 fully saturated rings. The number of benzene rings is 3. The molecule has 5 rings (SSSR count). The predicted octanol–water partition coefficient (Wildman–Crippen LogP) is 3.55. The van der Waals surface area contributed by atoms with Gasteiger partial charge in [0, 0.05) is 10.9 Å². The maximum Gasteiger partial charge on any atom is 0.351 e. The van der Waals surface area contributed by atoms with Gasteiger partial charge in [0.15, 0.2) is 0 Å². The minimum Gasteiger partial charge on any atom is -0.274 e. The summed E-state index contributed by atoms with van der Waals surface area (Å²) in [7, 11) is 0. The summed E-state index contributed by atoms with van der Waals surface area (Å²) in [6.45, 7) is 1.97. The molecule has 0 amide bonds. The van der Waals surface area contributed by atoms with Gasteiger partial charge in [0.05, 0.1) is 22.8 Å². The van der Waals surface area contributed by atoms with Gasteiger partial charge in [-0.2, -0.15) is 14.9 Å². The van der Waals surface area contributed by atoms with Crippen LogP contribution in [0.2, 0.25) is 0 Å². The van der Waals surface area contributed by atoms with Crippen molar-refractivity contribution in [3.63, 3.8) is 0 Å². The highest BCUT2D eigenvalue weighted by Gasteiger charge is 2.15. The Balaban J connectivity index is 1.51. The third kappa shape index (κ3) is 3.26. The zero-order chi connectivity index (χ0) is 21.4. The van der Waals surface area contributed by atoms with E-state index in [1.165, 1.54) is 4.68 Å². The number of aromatic nitrogens is 5. The lowest BCUT2D eigenvalue weighted by Gasteiger charge is -2.11. The highest BCUT2D eigenvalue weighted by Crippen LogP contribution is 2.25. The van der Waals surface area contributed by atoms with Crippen molar-refractivity contribution in [3.05, 3.63) is 112 Å². The molecule has 2 aromatic heterocycles. The highest BCUT2D eigenvalue weighted by atomic mass is 16.2. The van der Waals surface area contributed by atoms with Gasteiger partial charge in [-0.05, 0) is 30.7 Å². The van der Waals surface area contributed by atoms with E-state index >= 15 is 0 Å². The maximum atomic E-state index is 13.0. The summed E-state index contributed by atoms with van der Waals surface area (Å²) in [4.78, 5) is 25.0. The van der Waals surface area contributed by atoms with Crippen LogP contribution in [-0.4, -0.2) is 24.5 Å². The van der Waals surface area contributed by atoms with Gasteiger partial charge in [0.1, 0.15) is 6.33 Å². The Morgan fingerprint density at radius 2 is 1.52 bits per heavy atom. The summed E-state index contributed by atoms with van der Waals surface area (Å²) < 4.78 is 2.99. The normalized spacial score (nSPS) is 12.2. The van der Waals surface area contributed by atoms with Gasteiger partial charge in [-0.3, -0.25) is 9.36 Å². The second-order valence-electron chi connectivity index (χ2n) is 7.31. The fourth-order valence-corrected chi connectivity index (χ4v) is 3.75. The first-order chi connectivity index (χ1) is 15.1. The molecule has 152 valence electrons. The van der Waals surface area contributed by atoms with Crippen molar-refractivity contribution in [3.8, 4) is 16.9 Å². The van der Waals surface area contributed by atoms with Gasteiger partial charge < -0.3 is 0 Å². The minimum atomic E-state index is -0.222. The van der Waals surface area contributed by atoms with Gasteiger partial charge in [0.25, 0.3) is 5.56 Å². The molecule has 7 nitrogen and oxygen atoms in total. The molecule has 1 atom stereocenters. The monoisotopic (exact) mass is 409 g/mol. The molecular formula is C24H19N5O2. The second kappa shape index (κ2) is 7.53. The SMILES string of the molecule is CC(c1ccccc1)n1cnn(-c2ccc(-c3n[nH]c(=O)c4ccccc34)cc2)c1=O. The Hall–Kier alpha value is -4.26. The smallest absolute Gasteiger partial charge is 0.274 e. The van der Waals surface area contributed by atoms with E-state index in [0.29, 0.717) is 16.8 Å². The van der Waals surface area contributed by atoms with E-state index < -0.39 is 0 Å². The summed E-state index contributed by atoms with van der Waals surface area (Å²) in [5.74, 6) is 0. The molecule has 2 heterocycles. The van der Waals surface area contributed by atoms with E-state index in [1.807, 2.05) is 79.7 Å². The molecule has 31 heavy (non-hydrogen) atoms. The first-order valence-corrected chi connectivity index (χ1v) is 9.93. The molecule has 1 unspecified atom stereocenters. The van der Waals surface area contributed by atoms with Crippen LogP contribution in [0.4, 0.5) is 0 Å². The van der Waals surface area contributed by atoms with Crippen molar-refractivity contribution in [1.82, 2.24) is 24.5 Å². The van der Waals surface area contributed by atoms with Crippen molar-refractivity contribution < 1.29 is 0 Å². The maximum absolute atomic E-state index is 13.0. The van der Waals surface area contributed by atoms with Crippen LogP contribution < -0.4 is 11.2 Å². The molecule has 0 aliphatic heterocycles. The topological polar surface area (TPSA) is 85.6 Å². The standard InChI is InChI=1S/C24H19N5O2/c1-16(17-7-3-2-4-8-17)28-15-25-29(24(28)31)19-13-11-18(12-14-19)22-20-9-5-6-10-21(20)23(30)27-26-22/h2-16H,1H3,(H,27,30). The first-order valence-electron chi connectivity index (χ1n) is 9.93. The minimum absolute atomic E-state index is 0.126. The molecule has 0 saturated carbocycles. The van der Waals surface area contributed by atoms with Gasteiger partial charge >= 0.3 is 5.69 Å². The van der Waals surface area contributed by atoms with Crippen LogP contribution in [0.15, 0.2) is 94.8 Å². The number of fused-ring (bicyclic) bond motifs is 1. The van der Waals surface area contributed by atoms with Crippen molar-refractivity contribution in [1.29, 1.82) is 0 Å². The Labute approximate surface area is 177 Å². The van der Waals surface area contributed by atoms with E-state index in [0.717, 1.165) is 16.5 Å². The summed E-state index contributed by atoms with van der Waals surface area (Å²) in [6, 6.07) is 24.4. The average molecular weight is 409 g/mol. The first kappa shape index (κ1) is 18.7. The number of hydrogen-bond donors (Lipinski definition) is 1. The Morgan fingerprint density at radius 3 is 2.26 bits per heavy atom. The zero-order valence-corrected chi connectivity index (χ0v) is 16.8. The van der Waals surface area contributed by atoms with Gasteiger partial charge in [-0.25, -0.2) is 9.89 Å². The van der Waals surface area contributed by atoms with Crippen molar-refractivity contribution in [2.24, 2.45) is 0 Å². The third-order valence-electron chi connectivity index (χ3n) is 5.47. The van der Waals surface area contributed by atoms with E-state index in [1.54, 1.807) is 17.0 Å². The number of nitrogens with zero attached hydrogens (tertiary/aromatic N) is 4. The molecule has 0 bridgehead atoms. The van der Waals surface area contributed by atoms with Crippen LogP contribution in [0.3, 0.4) is 0 Å². The van der Waals surface area contributed by atoms with E-state index in [2.05, 4.69) is 15.3 Å². The summed E-state index contributed by atoms with van der Waals surface area (Å²) in [6.07, 6.45) is 1.56. The zero-order valence-electron chi connectivity index (χ0n) is 16.8. The fourth-order valence-electron chi connectivity index (χ4n) is 3.75. The number of hydrogen-bond acceptors (Lipinski definition) is 4. The van der Waals surface area contributed by atoms with E-state index in [-0.39, 0.29) is 17.3 Å². The third-order valence-corrected chi connectivity index (χ3v) is 5.47. The number of aromatic amines is 1. The summed E-state index contributed by atoms with van der Waals surface area (Å²) in [5.41, 5.74) is 2.77. The van der Waals surface area contributed by atoms with E-state index in [4.69, 9.17) is 0 Å². The van der Waals surface area contributed by atoms with Gasteiger partial charge in [0.2, 0.25) is 0 Å². The lowest BCUT2D eigenvalue weighted by molar-refractivity contribution is 0.609. The molecule has 3 aromatic carbocycles. The summed E-state index contributed by atoms with van der Waals surface area (Å²) >= 11 is 0. The number of H-pyrrole nitrogens is 1. The molecule has 0 radical (unpaired) electrons. The molecule has 0 aliphatic rings. The predicted molar refractivity (Wildman–Crippen MR) is 119 cm³/mol. The van der Waals surface area contributed by atoms with E-state index in [9.17, 15) is 9.59 Å². The van der Waals surface area contributed by atoms with Crippen LogP contribution in [0, 0.1) is 0 Å². The van der Waals surface area contributed by atoms with Crippen molar-refractivity contribution in [2.45, 2.75) is 13.0 Å². The summed E-state index contributed by atoms with van der Waals surface area (Å²) in [5, 5.41) is 12.4. The molecular weight excluding hydrogens is 390 g/mol. The van der Waals surface area contributed by atoms with Crippen molar-refractivity contribution >= 4 is 10.8 Å². The van der Waals surface area contributed by atoms with Crippen LogP contribution in [0.1, 0.15) is 18.5 Å². The Kier molecular flexibility index (Phi) is 4.55. The second-order valence-corrected chi connectivity index (χ2v) is 7.31. The largest absolute Gasteiger partial charge is 0.351 e. The molecule has 0 aliphatic carbocycles. The van der Waals surface area contributed by atoms with Gasteiger partial charge in [-0.15, -0.1) is 0 Å². The quantitative estimate of drug-likeness (QED) is 0.492. The molecule has 0 saturated heterocycles. The van der Waals surface area contributed by atoms with Gasteiger partial charge in [-0.1, -0.05) is 60.7 Å². The average Bonchev–Trinajstić information content (AvgIpc) is 3.21. The Bertz CT molecular complexity index is 1480. The highest BCUT2D eigenvalue weighted by molar-refractivity contribution is 5.93. The van der Waals surface area contributed by atoms with Crippen molar-refractivity contribution in [2.75, 3.05) is 0 Å². The fraction of sp³-hybridized carbons (Fsp3) is 0.0833. The number of rotatable bonds is 4. The van der Waals surface area contributed by atoms with Crippen LogP contribution in [0.5, 0.6) is 0 Å². The van der Waals surface area contributed by atoms with Crippen LogP contribution >= 0.6 is 0 Å². The lowest BCUT2D eigenvalue weighted by atomic mass is 10.0. The molecule has 1 N–H and O–H groups in total. The van der Waals surface area contributed by atoms with Crippen LogP contribution in [0.25, 0.3) is 27.7 Å². The molecule has 7 heteroatoms. The Morgan fingerprint density at radius 1 is 0.839 bits per heavy atom. The van der Waals surface area contributed by atoms with Crippen LogP contribution in [-0.2, 0) is 0 Å².